The van der Waals surface area contributed by atoms with E-state index in [0.717, 1.165) is 79.7 Å². The molecule has 1 aromatic rings. The number of Topliss-reactive ketones (excluding diaryl/α,β-unsaturated/α-hetero) is 3. The number of sulfone groups is 1. The number of likely N-dealkylation sites (N-methyl/N-ethyl adjacent to an activating group) is 2. The molecule has 7 fully saturated rings. The Balaban J connectivity index is 0.000000337. The number of hydrogen-bond acceptors (Lipinski definition) is 22. The van der Waals surface area contributed by atoms with Gasteiger partial charge in [-0.2, -0.15) is 4.31 Å². The molecule has 8 rings (SSSR count). The van der Waals surface area contributed by atoms with Gasteiger partial charge in [0.2, 0.25) is 62.8 Å². The molecule has 3 aliphatic heterocycles. The molecule has 17 atom stereocenters. The third-order valence-corrected chi connectivity index (χ3v) is 36.2. The molecule has 3 unspecified atom stereocenters. The van der Waals surface area contributed by atoms with Crippen LogP contribution < -0.4 is 63.8 Å². The van der Waals surface area contributed by atoms with Crippen molar-refractivity contribution in [2.24, 2.45) is 62.6 Å². The topological polar surface area (TPSA) is 519 Å². The van der Waals surface area contributed by atoms with Gasteiger partial charge in [-0.15, -0.1) is 68.1 Å². The molecule has 820 valence electrons. The van der Waals surface area contributed by atoms with Crippen molar-refractivity contribution in [2.75, 3.05) is 78.5 Å². The standard InChI is InChI=1S/C36H54N6O7S2.C36H57N5O7S.C33H54N6O7S/c1-10-12-17-25(29(43)32(45)37-19-11-2)38-31(44)28-24-16-13-15-23(24)21-42(28)33(46)30(36(6,7)8)40-34(47)39-26(35(3,4)5)22-41(9)51(48,49)27-18-14-20-50-27;1-9-11-18-26(28(42)31(44)37-21-10-2)38-30(43)27-25-17-15-16-24(25)22-41(27)32(45)29(34(3,4)5)39-33(46)40-36(19-13-12-14-20-36)23-49(47,48)35(6,7)8;1-11-13-17-23(26(40)29(42)34-18-12-2)35-28(41)25-22-16-14-15-21(22)19-39(25)30(43)27(33(6,7)8)37-31(44)36-24(32(3,4)5)20-38(9)47(10,45)46/h1,11,14,18,20,23-26,28,30H,2,12-13,15-17,19,21-22H2,3-9H3,(H,37,45)(H,38,44)(H2,39,40,47);1,10,24-27,29H,2,11-23H2,3-8H3,(H,37,44)(H,38,43)(H2,39,40,46);1,12,21-25,27H,2,13-20H2,3-10H3,(H,34,42)(H,35,41)(H2,36,37,44)/t23-,24-,25?,26+,28-,30+;24-,25-,26?,27-,29+;21-,22-,23?,24+,25-,27+/m000/s1. The minimum Gasteiger partial charge on any atom is -0.346 e. The molecule has 4 saturated carbocycles. The van der Waals surface area contributed by atoms with Crippen molar-refractivity contribution in [2.45, 2.75) is 334 Å². The maximum atomic E-state index is 14.5. The molecule has 42 heteroatoms. The molecule has 7 aliphatic rings. The van der Waals surface area contributed by atoms with E-state index in [-0.39, 0.29) is 117 Å². The van der Waals surface area contributed by atoms with Crippen LogP contribution in [-0.2, 0) is 87.4 Å². The number of rotatable bonds is 42. The Hall–Kier alpha value is -10.6. The van der Waals surface area contributed by atoms with E-state index >= 15 is 0 Å². The van der Waals surface area contributed by atoms with Crippen LogP contribution in [0.1, 0.15) is 253 Å². The minimum absolute atomic E-state index is 0.0197. The Morgan fingerprint density at radius 1 is 0.442 bits per heavy atom. The van der Waals surface area contributed by atoms with Gasteiger partial charge in [-0.05, 0) is 165 Å². The number of amides is 15. The van der Waals surface area contributed by atoms with Gasteiger partial charge < -0.3 is 78.5 Å². The van der Waals surface area contributed by atoms with Gasteiger partial charge >= 0.3 is 18.1 Å². The average molecular weight is 2130 g/mol. The van der Waals surface area contributed by atoms with Crippen LogP contribution in [0.5, 0.6) is 0 Å². The molecule has 4 aliphatic carbocycles. The average Bonchev–Trinajstić information content (AvgIpc) is 1.63. The van der Waals surface area contributed by atoms with Gasteiger partial charge in [-0.3, -0.25) is 57.5 Å². The monoisotopic (exact) mass is 2130 g/mol. The number of ketones is 3. The summed E-state index contributed by atoms with van der Waals surface area (Å²) < 4.78 is 78.7. The molecule has 0 bridgehead atoms. The number of hydrogen-bond donors (Lipinski definition) is 12. The number of likely N-dealkylation sites (tertiary alicyclic amines) is 3. The fraction of sp³-hybridized carbons (Fsp3) is 0.705. The molecule has 12 N–H and O–H groups in total. The number of fused-ring (bicyclic) bond motifs is 3. The molecule has 38 nitrogen and oxygen atoms in total. The van der Waals surface area contributed by atoms with Crippen molar-refractivity contribution < 1.29 is 97.2 Å². The van der Waals surface area contributed by atoms with Gasteiger partial charge in [-0.25, -0.2) is 43.9 Å². The molecule has 0 radical (unpaired) electrons. The van der Waals surface area contributed by atoms with Gasteiger partial charge in [0.25, 0.3) is 27.7 Å². The zero-order chi connectivity index (χ0) is 111. The van der Waals surface area contributed by atoms with E-state index in [4.69, 9.17) is 19.3 Å². The van der Waals surface area contributed by atoms with Crippen LogP contribution in [0.25, 0.3) is 0 Å². The lowest BCUT2D eigenvalue weighted by Gasteiger charge is -2.41. The summed E-state index contributed by atoms with van der Waals surface area (Å²) in [4.78, 5) is 207. The molecule has 0 aromatic carbocycles. The third kappa shape index (κ3) is 34.5. The fourth-order valence-corrected chi connectivity index (χ4v) is 24.4. The van der Waals surface area contributed by atoms with Crippen molar-refractivity contribution in [1.29, 1.82) is 0 Å². The number of urea groups is 3. The molecule has 1 aromatic heterocycles. The Morgan fingerprint density at radius 2 is 0.755 bits per heavy atom. The smallest absolute Gasteiger partial charge is 0.315 e. The van der Waals surface area contributed by atoms with Gasteiger partial charge in [0, 0.05) is 97.8 Å². The molecule has 15 amide bonds. The third-order valence-electron chi connectivity index (χ3n) is 28.9. The Morgan fingerprint density at radius 3 is 1.03 bits per heavy atom. The van der Waals surface area contributed by atoms with E-state index in [1.807, 2.05) is 62.3 Å². The second-order valence-electron chi connectivity index (χ2n) is 46.4. The summed E-state index contributed by atoms with van der Waals surface area (Å²) in [6.07, 6.45) is 33.1. The largest absolute Gasteiger partial charge is 0.346 e. The highest BCUT2D eigenvalue weighted by Crippen LogP contribution is 2.47. The Kier molecular flexibility index (Phi) is 45.3. The van der Waals surface area contributed by atoms with Crippen LogP contribution in [0, 0.1) is 99.6 Å². The van der Waals surface area contributed by atoms with E-state index < -0.39 is 222 Å². The van der Waals surface area contributed by atoms with E-state index in [1.54, 1.807) is 73.8 Å². The number of nitrogens with zero attached hydrogens (tertiary/aromatic N) is 5. The molecule has 147 heavy (non-hydrogen) atoms. The summed E-state index contributed by atoms with van der Waals surface area (Å²) in [5.74, 6) is -1.24. The van der Waals surface area contributed by atoms with Crippen LogP contribution in [0.2, 0.25) is 0 Å². The number of carbonyl (C=O) groups is 15. The van der Waals surface area contributed by atoms with Crippen LogP contribution in [0.15, 0.2) is 59.7 Å². The number of carbonyl (C=O) groups excluding carboxylic acids is 15. The van der Waals surface area contributed by atoms with Gasteiger partial charge in [0.15, 0.2) is 9.84 Å². The van der Waals surface area contributed by atoms with Gasteiger partial charge in [0.1, 0.15) is 40.5 Å². The first-order chi connectivity index (χ1) is 68.1. The first kappa shape index (κ1) is 125. The molecular weight excluding hydrogens is 1960 g/mol. The minimum atomic E-state index is -3.78. The molecule has 0 spiro atoms. The Bertz CT molecular complexity index is 5390. The summed E-state index contributed by atoms with van der Waals surface area (Å²) in [5, 5.41) is 34.5. The Labute approximate surface area is 876 Å². The predicted molar refractivity (Wildman–Crippen MR) is 566 cm³/mol. The van der Waals surface area contributed by atoms with Crippen molar-refractivity contribution in [1.82, 2.24) is 87.1 Å². The molecular formula is C105H165N17O21S4. The zero-order valence-corrected chi connectivity index (χ0v) is 93.3. The van der Waals surface area contributed by atoms with Crippen molar-refractivity contribution in [3.63, 3.8) is 0 Å². The number of thiophene rings is 1. The summed E-state index contributed by atoms with van der Waals surface area (Å²) in [7, 11) is -7.97. The highest BCUT2D eigenvalue weighted by Gasteiger charge is 2.57. The van der Waals surface area contributed by atoms with Gasteiger partial charge in [-0.1, -0.05) is 167 Å². The second-order valence-corrected chi connectivity index (χ2v) is 54.5. The van der Waals surface area contributed by atoms with E-state index in [0.29, 0.717) is 51.7 Å². The van der Waals surface area contributed by atoms with E-state index in [9.17, 15) is 97.2 Å². The fourth-order valence-electron chi connectivity index (χ4n) is 20.1. The number of terminal acetylenes is 3. The normalized spacial score (nSPS) is 21.9. The van der Waals surface area contributed by atoms with E-state index in [1.165, 1.54) is 57.4 Å². The highest BCUT2D eigenvalue weighted by atomic mass is 32.2. The highest BCUT2D eigenvalue weighted by molar-refractivity contribution is 7.92. The number of nitrogens with one attached hydrogen (secondary N) is 12. The van der Waals surface area contributed by atoms with Crippen LogP contribution in [-0.4, -0.2) is 292 Å². The van der Waals surface area contributed by atoms with Crippen LogP contribution in [0.4, 0.5) is 14.4 Å². The summed E-state index contributed by atoms with van der Waals surface area (Å²) >= 11 is 1.11. The van der Waals surface area contributed by atoms with Gasteiger partial charge in [0.05, 0.1) is 40.4 Å². The van der Waals surface area contributed by atoms with Crippen molar-refractivity contribution >= 4 is 130 Å². The van der Waals surface area contributed by atoms with Crippen LogP contribution >= 0.6 is 11.3 Å². The second kappa shape index (κ2) is 53.2. The predicted octanol–water partition coefficient (Wildman–Crippen LogP) is 7.31. The first-order valence-corrected chi connectivity index (χ1v) is 56.7. The number of sulfonamides is 2. The lowest BCUT2D eigenvalue weighted by atomic mass is 9.83. The zero-order valence-electron chi connectivity index (χ0n) is 90.1. The SMILES string of the molecule is C#CCCC(NC(=O)[C@@H]1[C@H]2CCC[C@H]2CN1C(=O)[C@@H](NC(=O)NC1(CS(=O)(=O)C(C)(C)C)CCCCC1)C(C)(C)C)C(=O)C(=O)NCC=C.C#CCCC(NC(=O)[C@@H]1[C@H]2CCC[C@H]2CN1C(=O)[C@@H](NC(=O)N[C@H](CN(C)S(=O)(=O)c1cccs1)C(C)(C)C)C(C)(C)C)C(=O)C(=O)NCC=C.C#CCCC(NC(=O)[C@@H]1[C@H]2CCC[C@H]2CN1C(=O)[C@@H](NC(=O)N[C@H](CN(C)S(C)(=O)=O)C(C)(C)C)C(C)(C)C)C(=O)C(=O)NCC=C. The molecule has 4 heterocycles. The lowest BCUT2D eigenvalue weighted by molar-refractivity contribution is -0.144. The first-order valence-electron chi connectivity index (χ1n) is 50.9. The van der Waals surface area contributed by atoms with Crippen LogP contribution in [0.3, 0.4) is 0 Å². The molecule has 3 saturated heterocycles. The maximum Gasteiger partial charge on any atom is 0.315 e. The lowest BCUT2D eigenvalue weighted by Crippen LogP contribution is -2.64. The van der Waals surface area contributed by atoms with E-state index in [2.05, 4.69) is 101 Å². The summed E-state index contributed by atoms with van der Waals surface area (Å²) in [5.41, 5.74) is -4.41. The maximum absolute atomic E-state index is 14.5. The van der Waals surface area contributed by atoms with Crippen molar-refractivity contribution in [3.8, 4) is 37.0 Å². The quantitative estimate of drug-likeness (QED) is 0.0173. The van der Waals surface area contributed by atoms with Crippen molar-refractivity contribution in [3.05, 3.63) is 55.5 Å². The summed E-state index contributed by atoms with van der Waals surface area (Å²) in [6, 6.07) is -9.43. The summed E-state index contributed by atoms with van der Waals surface area (Å²) in [6.45, 7) is 44.2.